The molecule has 1 saturated heterocycles. The predicted octanol–water partition coefficient (Wildman–Crippen LogP) is 7.69. The standard InChI is InChI=1S/C34H35NO3/c1-3-14-26-21-22-31(36-4-2)32(23-26)37-25-30-24-35(34(38-30)29-19-12-7-13-20-29)33(27-15-8-5-9-16-27)28-17-10-6-11-18-28/h3,5-23,30,33-34H,4,24-25H2,1-2H3/b14-3+. The zero-order chi connectivity index (χ0) is 26.2. The van der Waals surface area contributed by atoms with Crippen LogP contribution in [0.2, 0.25) is 0 Å². The minimum Gasteiger partial charge on any atom is -0.490 e. The van der Waals surface area contributed by atoms with Gasteiger partial charge >= 0.3 is 0 Å². The third-order valence-electron chi connectivity index (χ3n) is 6.74. The molecular weight excluding hydrogens is 470 g/mol. The van der Waals surface area contributed by atoms with E-state index in [1.165, 1.54) is 11.1 Å². The van der Waals surface area contributed by atoms with E-state index in [1.54, 1.807) is 0 Å². The normalized spacial score (nSPS) is 17.8. The Kier molecular flexibility index (Phi) is 8.54. The summed E-state index contributed by atoms with van der Waals surface area (Å²) in [5.74, 6) is 1.49. The molecule has 0 amide bonds. The van der Waals surface area contributed by atoms with E-state index >= 15 is 0 Å². The Morgan fingerprint density at radius 2 is 1.45 bits per heavy atom. The van der Waals surface area contributed by atoms with E-state index in [9.17, 15) is 0 Å². The number of ether oxygens (including phenoxy) is 3. The van der Waals surface area contributed by atoms with Gasteiger partial charge in [-0.3, -0.25) is 4.90 Å². The van der Waals surface area contributed by atoms with Gasteiger partial charge in [0.15, 0.2) is 11.5 Å². The zero-order valence-electron chi connectivity index (χ0n) is 22.1. The highest BCUT2D eigenvalue weighted by atomic mass is 16.6. The third kappa shape index (κ3) is 5.99. The SMILES string of the molecule is C/C=C/c1ccc(OCC)c(OCC2CN(C(c3ccccc3)c3ccccc3)C(c3ccccc3)O2)c1. The minimum absolute atomic E-state index is 0.0459. The van der Waals surface area contributed by atoms with Crippen molar-refractivity contribution < 1.29 is 14.2 Å². The number of hydrogen-bond donors (Lipinski definition) is 0. The first kappa shape index (κ1) is 25.8. The van der Waals surface area contributed by atoms with Crippen LogP contribution in [0.3, 0.4) is 0 Å². The van der Waals surface area contributed by atoms with Crippen LogP contribution in [0, 0.1) is 0 Å². The summed E-state index contributed by atoms with van der Waals surface area (Å²) in [7, 11) is 0. The molecule has 1 fully saturated rings. The molecule has 0 N–H and O–H groups in total. The summed E-state index contributed by atoms with van der Waals surface area (Å²) in [5, 5.41) is 0. The maximum atomic E-state index is 6.73. The summed E-state index contributed by atoms with van der Waals surface area (Å²) in [6.45, 7) is 5.73. The minimum atomic E-state index is -0.198. The zero-order valence-corrected chi connectivity index (χ0v) is 22.1. The smallest absolute Gasteiger partial charge is 0.161 e. The molecular formula is C34H35NO3. The largest absolute Gasteiger partial charge is 0.490 e. The summed E-state index contributed by atoms with van der Waals surface area (Å²) in [6.07, 6.45) is 3.77. The van der Waals surface area contributed by atoms with Gasteiger partial charge in [-0.2, -0.15) is 0 Å². The Balaban J connectivity index is 1.45. The second-order valence-electron chi connectivity index (χ2n) is 9.39. The van der Waals surface area contributed by atoms with E-state index in [-0.39, 0.29) is 18.4 Å². The van der Waals surface area contributed by atoms with E-state index in [2.05, 4.69) is 95.9 Å². The molecule has 0 spiro atoms. The summed E-state index contributed by atoms with van der Waals surface area (Å²) >= 11 is 0. The van der Waals surface area contributed by atoms with Crippen molar-refractivity contribution >= 4 is 6.08 Å². The highest BCUT2D eigenvalue weighted by molar-refractivity contribution is 5.55. The average molecular weight is 506 g/mol. The Labute approximate surface area is 226 Å². The van der Waals surface area contributed by atoms with Crippen LogP contribution in [0.1, 0.15) is 48.4 Å². The molecule has 0 aromatic heterocycles. The van der Waals surface area contributed by atoms with E-state index in [1.807, 2.05) is 44.2 Å². The van der Waals surface area contributed by atoms with Gasteiger partial charge in [0.1, 0.15) is 18.9 Å². The fourth-order valence-electron chi connectivity index (χ4n) is 5.09. The lowest BCUT2D eigenvalue weighted by Gasteiger charge is -2.32. The van der Waals surface area contributed by atoms with Gasteiger partial charge in [-0.25, -0.2) is 0 Å². The third-order valence-corrected chi connectivity index (χ3v) is 6.74. The van der Waals surface area contributed by atoms with Crippen LogP contribution in [-0.4, -0.2) is 30.8 Å². The van der Waals surface area contributed by atoms with Gasteiger partial charge in [-0.05, 0) is 48.2 Å². The Hall–Kier alpha value is -3.86. The van der Waals surface area contributed by atoms with Crippen LogP contribution < -0.4 is 9.47 Å². The molecule has 1 aliphatic rings. The van der Waals surface area contributed by atoms with Crippen molar-refractivity contribution in [2.45, 2.75) is 32.2 Å². The fraction of sp³-hybridized carbons (Fsp3) is 0.235. The summed E-state index contributed by atoms with van der Waals surface area (Å²) in [5.41, 5.74) is 4.69. The molecule has 0 bridgehead atoms. The van der Waals surface area contributed by atoms with Crippen LogP contribution >= 0.6 is 0 Å². The first-order valence-electron chi connectivity index (χ1n) is 13.3. The number of allylic oxidation sites excluding steroid dienone is 1. The average Bonchev–Trinajstić information content (AvgIpc) is 3.39. The molecule has 0 saturated carbocycles. The van der Waals surface area contributed by atoms with Gasteiger partial charge < -0.3 is 14.2 Å². The van der Waals surface area contributed by atoms with Crippen molar-refractivity contribution in [3.63, 3.8) is 0 Å². The second kappa shape index (κ2) is 12.6. The van der Waals surface area contributed by atoms with Crippen LogP contribution in [0.25, 0.3) is 6.08 Å². The van der Waals surface area contributed by atoms with Crippen LogP contribution in [-0.2, 0) is 4.74 Å². The lowest BCUT2D eigenvalue weighted by atomic mass is 9.96. The molecule has 194 valence electrons. The maximum Gasteiger partial charge on any atom is 0.161 e. The van der Waals surface area contributed by atoms with Crippen LogP contribution in [0.4, 0.5) is 0 Å². The molecule has 0 radical (unpaired) electrons. The number of nitrogens with zero attached hydrogens (tertiary/aromatic N) is 1. The number of rotatable bonds is 10. The number of benzene rings is 4. The van der Waals surface area contributed by atoms with Crippen molar-refractivity contribution in [2.24, 2.45) is 0 Å². The van der Waals surface area contributed by atoms with Gasteiger partial charge in [0.25, 0.3) is 0 Å². The molecule has 4 aromatic rings. The summed E-state index contributed by atoms with van der Waals surface area (Å²) in [6, 6.07) is 37.9. The van der Waals surface area contributed by atoms with E-state index in [4.69, 9.17) is 14.2 Å². The van der Waals surface area contributed by atoms with Crippen molar-refractivity contribution in [3.8, 4) is 11.5 Å². The van der Waals surface area contributed by atoms with Crippen molar-refractivity contribution in [3.05, 3.63) is 138 Å². The van der Waals surface area contributed by atoms with Crippen molar-refractivity contribution in [2.75, 3.05) is 19.8 Å². The first-order chi connectivity index (χ1) is 18.8. The molecule has 4 aromatic carbocycles. The highest BCUT2D eigenvalue weighted by Gasteiger charge is 2.39. The van der Waals surface area contributed by atoms with Crippen LogP contribution in [0.5, 0.6) is 11.5 Å². The molecule has 4 heteroatoms. The fourth-order valence-corrected chi connectivity index (χ4v) is 5.09. The van der Waals surface area contributed by atoms with Gasteiger partial charge in [0.2, 0.25) is 0 Å². The second-order valence-corrected chi connectivity index (χ2v) is 9.39. The van der Waals surface area contributed by atoms with Crippen LogP contribution in [0.15, 0.2) is 115 Å². The molecule has 2 unspecified atom stereocenters. The molecule has 2 atom stereocenters. The molecule has 38 heavy (non-hydrogen) atoms. The van der Waals surface area contributed by atoms with Crippen molar-refractivity contribution in [1.82, 2.24) is 4.90 Å². The Morgan fingerprint density at radius 1 is 0.816 bits per heavy atom. The maximum absolute atomic E-state index is 6.73. The Morgan fingerprint density at radius 3 is 2.05 bits per heavy atom. The quantitative estimate of drug-likeness (QED) is 0.221. The van der Waals surface area contributed by atoms with Crippen molar-refractivity contribution in [1.29, 1.82) is 0 Å². The lowest BCUT2D eigenvalue weighted by molar-refractivity contribution is -0.0237. The molecule has 5 rings (SSSR count). The monoisotopic (exact) mass is 505 g/mol. The highest BCUT2D eigenvalue weighted by Crippen LogP contribution is 2.41. The van der Waals surface area contributed by atoms with E-state index in [0.717, 1.165) is 29.2 Å². The Bertz CT molecular complexity index is 1270. The predicted molar refractivity (Wildman–Crippen MR) is 153 cm³/mol. The van der Waals surface area contributed by atoms with Gasteiger partial charge in [0, 0.05) is 6.54 Å². The number of hydrogen-bond acceptors (Lipinski definition) is 4. The van der Waals surface area contributed by atoms with E-state index < -0.39 is 0 Å². The van der Waals surface area contributed by atoms with Gasteiger partial charge in [0.05, 0.1) is 12.6 Å². The topological polar surface area (TPSA) is 30.9 Å². The lowest BCUT2D eigenvalue weighted by Crippen LogP contribution is -2.31. The van der Waals surface area contributed by atoms with E-state index in [0.29, 0.717) is 13.2 Å². The summed E-state index contributed by atoms with van der Waals surface area (Å²) in [4.78, 5) is 2.45. The van der Waals surface area contributed by atoms with Gasteiger partial charge in [-0.1, -0.05) is 109 Å². The molecule has 4 nitrogen and oxygen atoms in total. The molecule has 0 aliphatic carbocycles. The summed E-state index contributed by atoms with van der Waals surface area (Å²) < 4.78 is 19.0. The first-order valence-corrected chi connectivity index (χ1v) is 13.3. The van der Waals surface area contributed by atoms with Gasteiger partial charge in [-0.15, -0.1) is 0 Å². The molecule has 1 aliphatic heterocycles. The molecule has 1 heterocycles.